The second-order valence-electron chi connectivity index (χ2n) is 5.27. The van der Waals surface area contributed by atoms with E-state index in [1.54, 1.807) is 27.8 Å². The number of carbonyl (C=O) groups is 1. The van der Waals surface area contributed by atoms with Crippen LogP contribution in [-0.4, -0.2) is 53.9 Å². The standard InChI is InChI=1S/C13H25F3N2O2/c1-5-12(17-4,11(19)20)7-6-8-18(10(2)3)9-13(14,15)16/h10,17H,5-9H2,1-4H3,(H,19,20). The maximum absolute atomic E-state index is 12.4. The molecular weight excluding hydrogens is 273 g/mol. The Kier molecular flexibility index (Phi) is 7.51. The summed E-state index contributed by atoms with van der Waals surface area (Å²) in [6.07, 6.45) is -3.15. The van der Waals surface area contributed by atoms with Gasteiger partial charge >= 0.3 is 12.1 Å². The van der Waals surface area contributed by atoms with Gasteiger partial charge in [0.2, 0.25) is 0 Å². The van der Waals surface area contributed by atoms with Crippen molar-refractivity contribution in [3.8, 4) is 0 Å². The molecular formula is C13H25F3N2O2. The minimum Gasteiger partial charge on any atom is -0.480 e. The van der Waals surface area contributed by atoms with Crippen LogP contribution >= 0.6 is 0 Å². The summed E-state index contributed by atoms with van der Waals surface area (Å²) in [7, 11) is 1.56. The van der Waals surface area contributed by atoms with E-state index < -0.39 is 24.2 Å². The van der Waals surface area contributed by atoms with Gasteiger partial charge in [0, 0.05) is 6.04 Å². The molecule has 4 nitrogen and oxygen atoms in total. The molecule has 0 aliphatic carbocycles. The summed E-state index contributed by atoms with van der Waals surface area (Å²) >= 11 is 0. The first-order valence-electron chi connectivity index (χ1n) is 6.81. The van der Waals surface area contributed by atoms with Gasteiger partial charge in [0.1, 0.15) is 5.54 Å². The molecule has 0 saturated carbocycles. The zero-order valence-electron chi connectivity index (χ0n) is 12.5. The van der Waals surface area contributed by atoms with Gasteiger partial charge in [-0.1, -0.05) is 6.92 Å². The highest BCUT2D eigenvalue weighted by Gasteiger charge is 2.35. The number of carboxylic acid groups (broad SMARTS) is 1. The smallest absolute Gasteiger partial charge is 0.401 e. The average Bonchev–Trinajstić information content (AvgIpc) is 2.31. The molecule has 0 heterocycles. The van der Waals surface area contributed by atoms with Crippen LogP contribution in [0.25, 0.3) is 0 Å². The van der Waals surface area contributed by atoms with Crippen LogP contribution in [0.4, 0.5) is 13.2 Å². The monoisotopic (exact) mass is 298 g/mol. The van der Waals surface area contributed by atoms with Crippen molar-refractivity contribution in [1.82, 2.24) is 10.2 Å². The third-order valence-electron chi connectivity index (χ3n) is 3.65. The van der Waals surface area contributed by atoms with Crippen molar-refractivity contribution in [2.45, 2.75) is 57.8 Å². The molecule has 0 saturated heterocycles. The SMILES string of the molecule is CCC(CCCN(CC(F)(F)F)C(C)C)(NC)C(=O)O. The number of rotatable bonds is 9. The number of nitrogens with one attached hydrogen (secondary N) is 1. The first-order chi connectivity index (χ1) is 9.08. The van der Waals surface area contributed by atoms with Gasteiger partial charge in [-0.2, -0.15) is 13.2 Å². The second kappa shape index (κ2) is 7.83. The van der Waals surface area contributed by atoms with Crippen LogP contribution in [-0.2, 0) is 4.79 Å². The Morgan fingerprint density at radius 1 is 1.35 bits per heavy atom. The maximum atomic E-state index is 12.4. The van der Waals surface area contributed by atoms with Gasteiger partial charge in [-0.3, -0.25) is 9.69 Å². The Balaban J connectivity index is 4.53. The number of halogens is 3. The topological polar surface area (TPSA) is 52.6 Å². The Hall–Kier alpha value is -0.820. The van der Waals surface area contributed by atoms with E-state index in [1.807, 2.05) is 0 Å². The predicted molar refractivity (Wildman–Crippen MR) is 71.7 cm³/mol. The van der Waals surface area contributed by atoms with Gasteiger partial charge < -0.3 is 10.4 Å². The van der Waals surface area contributed by atoms with E-state index in [4.69, 9.17) is 0 Å². The molecule has 2 N–H and O–H groups in total. The fourth-order valence-corrected chi connectivity index (χ4v) is 2.18. The van der Waals surface area contributed by atoms with Crippen molar-refractivity contribution in [3.05, 3.63) is 0 Å². The minimum absolute atomic E-state index is 0.230. The average molecular weight is 298 g/mol. The third kappa shape index (κ3) is 6.09. The summed E-state index contributed by atoms with van der Waals surface area (Å²) in [4.78, 5) is 12.6. The molecule has 0 spiro atoms. The molecule has 20 heavy (non-hydrogen) atoms. The first kappa shape index (κ1) is 19.2. The fraction of sp³-hybridized carbons (Fsp3) is 0.923. The van der Waals surface area contributed by atoms with E-state index in [2.05, 4.69) is 5.32 Å². The van der Waals surface area contributed by atoms with E-state index >= 15 is 0 Å². The molecule has 7 heteroatoms. The van der Waals surface area contributed by atoms with E-state index in [9.17, 15) is 23.1 Å². The Bertz CT molecular complexity index is 302. The maximum Gasteiger partial charge on any atom is 0.401 e. The molecule has 0 aromatic rings. The van der Waals surface area contributed by atoms with Crippen molar-refractivity contribution < 1.29 is 23.1 Å². The van der Waals surface area contributed by atoms with Crippen molar-refractivity contribution >= 4 is 5.97 Å². The summed E-state index contributed by atoms with van der Waals surface area (Å²) in [5, 5.41) is 12.0. The van der Waals surface area contributed by atoms with Crippen molar-refractivity contribution in [1.29, 1.82) is 0 Å². The van der Waals surface area contributed by atoms with Crippen LogP contribution < -0.4 is 5.32 Å². The van der Waals surface area contributed by atoms with Crippen molar-refractivity contribution in [2.24, 2.45) is 0 Å². The van der Waals surface area contributed by atoms with E-state index in [1.165, 1.54) is 4.90 Å². The van der Waals surface area contributed by atoms with Crippen LogP contribution in [0.1, 0.15) is 40.0 Å². The van der Waals surface area contributed by atoms with E-state index in [-0.39, 0.29) is 12.6 Å². The number of aliphatic carboxylic acids is 1. The van der Waals surface area contributed by atoms with Crippen LogP contribution in [0.3, 0.4) is 0 Å². The largest absolute Gasteiger partial charge is 0.480 e. The van der Waals surface area contributed by atoms with Gasteiger partial charge in [0.05, 0.1) is 6.54 Å². The molecule has 0 rings (SSSR count). The molecule has 1 atom stereocenters. The van der Waals surface area contributed by atoms with E-state index in [0.29, 0.717) is 19.3 Å². The summed E-state index contributed by atoms with van der Waals surface area (Å²) in [5.74, 6) is -0.964. The zero-order chi connectivity index (χ0) is 16.0. The molecule has 0 bridgehead atoms. The number of alkyl halides is 3. The second-order valence-corrected chi connectivity index (χ2v) is 5.27. The molecule has 0 aromatic carbocycles. The van der Waals surface area contributed by atoms with Gasteiger partial charge in [0.25, 0.3) is 0 Å². The summed E-state index contributed by atoms with van der Waals surface area (Å²) in [5.41, 5.74) is -1.05. The summed E-state index contributed by atoms with van der Waals surface area (Å²) in [6.45, 7) is 4.42. The van der Waals surface area contributed by atoms with Crippen molar-refractivity contribution in [2.75, 3.05) is 20.1 Å². The molecule has 0 aliphatic heterocycles. The lowest BCUT2D eigenvalue weighted by Gasteiger charge is -2.31. The number of hydrogen-bond acceptors (Lipinski definition) is 3. The van der Waals surface area contributed by atoms with Crippen LogP contribution in [0.15, 0.2) is 0 Å². The fourth-order valence-electron chi connectivity index (χ4n) is 2.18. The lowest BCUT2D eigenvalue weighted by atomic mass is 9.90. The molecule has 0 aliphatic rings. The quantitative estimate of drug-likeness (QED) is 0.687. The minimum atomic E-state index is -4.23. The first-order valence-corrected chi connectivity index (χ1v) is 6.81. The Morgan fingerprint density at radius 2 is 1.90 bits per heavy atom. The lowest BCUT2D eigenvalue weighted by Crippen LogP contribution is -2.50. The number of hydrogen-bond donors (Lipinski definition) is 2. The van der Waals surface area contributed by atoms with Gasteiger partial charge in [-0.15, -0.1) is 0 Å². The number of likely N-dealkylation sites (N-methyl/N-ethyl adjacent to an activating group) is 1. The third-order valence-corrected chi connectivity index (χ3v) is 3.65. The van der Waals surface area contributed by atoms with Gasteiger partial charge in [0.15, 0.2) is 0 Å². The highest BCUT2D eigenvalue weighted by molar-refractivity contribution is 5.78. The zero-order valence-corrected chi connectivity index (χ0v) is 12.5. The van der Waals surface area contributed by atoms with Gasteiger partial charge in [-0.25, -0.2) is 0 Å². The molecule has 1 unspecified atom stereocenters. The number of carboxylic acids is 1. The molecule has 0 fully saturated rings. The highest BCUT2D eigenvalue weighted by atomic mass is 19.4. The number of nitrogens with zero attached hydrogens (tertiary/aromatic N) is 1. The molecule has 0 amide bonds. The van der Waals surface area contributed by atoms with Crippen molar-refractivity contribution in [3.63, 3.8) is 0 Å². The lowest BCUT2D eigenvalue weighted by molar-refractivity contribution is -0.151. The summed E-state index contributed by atoms with van der Waals surface area (Å²) < 4.78 is 37.3. The summed E-state index contributed by atoms with van der Waals surface area (Å²) in [6, 6.07) is -0.230. The van der Waals surface area contributed by atoms with Crippen LogP contribution in [0.2, 0.25) is 0 Å². The normalized spacial score (nSPS) is 15.7. The molecule has 0 radical (unpaired) electrons. The molecule has 120 valence electrons. The van der Waals surface area contributed by atoms with E-state index in [0.717, 1.165) is 0 Å². The van der Waals surface area contributed by atoms with Gasteiger partial charge in [-0.05, 0) is 46.7 Å². The Labute approximate surface area is 118 Å². The highest BCUT2D eigenvalue weighted by Crippen LogP contribution is 2.21. The molecule has 0 aromatic heterocycles. The predicted octanol–water partition coefficient (Wildman–Crippen LogP) is 2.49. The van der Waals surface area contributed by atoms with Crippen LogP contribution in [0, 0.1) is 0 Å². The Morgan fingerprint density at radius 3 is 2.20 bits per heavy atom. The van der Waals surface area contributed by atoms with Crippen LogP contribution in [0.5, 0.6) is 0 Å².